The number of carbonyl (C=O) groups is 2. The van der Waals surface area contributed by atoms with Crippen molar-refractivity contribution in [3.05, 3.63) is 11.7 Å². The number of amides is 2. The van der Waals surface area contributed by atoms with E-state index >= 15 is 0 Å². The van der Waals surface area contributed by atoms with Crippen LogP contribution in [0, 0.1) is 17.8 Å². The lowest BCUT2D eigenvalue weighted by Crippen LogP contribution is -2.49. The van der Waals surface area contributed by atoms with Crippen molar-refractivity contribution >= 4 is 11.8 Å². The lowest BCUT2D eigenvalue weighted by molar-refractivity contribution is -0.139. The predicted octanol–water partition coefficient (Wildman–Crippen LogP) is 2.19. The van der Waals surface area contributed by atoms with E-state index in [1.165, 1.54) is 43.4 Å². The third-order valence-corrected chi connectivity index (χ3v) is 6.43. The highest BCUT2D eigenvalue weighted by Gasteiger charge is 2.53. The molecule has 23 heavy (non-hydrogen) atoms. The van der Waals surface area contributed by atoms with Crippen molar-refractivity contribution < 1.29 is 14.1 Å². The van der Waals surface area contributed by atoms with Crippen molar-refractivity contribution in [1.29, 1.82) is 0 Å². The molecule has 2 amide bonds. The first-order valence-electron chi connectivity index (χ1n) is 8.77. The third kappa shape index (κ3) is 2.07. The van der Waals surface area contributed by atoms with Crippen LogP contribution in [0.25, 0.3) is 0 Å². The van der Waals surface area contributed by atoms with Gasteiger partial charge in [-0.3, -0.25) is 14.5 Å². The summed E-state index contributed by atoms with van der Waals surface area (Å²) in [6.45, 7) is 0.136. The molecule has 1 aromatic heterocycles. The molecular weight excluding hydrogens is 294 g/mol. The monoisotopic (exact) mass is 315 g/mol. The molecular formula is C17H21N3O3. The molecule has 1 aliphatic heterocycles. The van der Waals surface area contributed by atoms with Crippen LogP contribution < -0.4 is 0 Å². The molecule has 6 rings (SSSR count). The average Bonchev–Trinajstić information content (AvgIpc) is 3.09. The van der Waals surface area contributed by atoms with Gasteiger partial charge in [0.05, 0.1) is 0 Å². The molecule has 0 unspecified atom stereocenters. The van der Waals surface area contributed by atoms with E-state index in [0.717, 1.165) is 23.6 Å². The van der Waals surface area contributed by atoms with Crippen molar-refractivity contribution in [3.8, 4) is 0 Å². The van der Waals surface area contributed by atoms with Gasteiger partial charge in [-0.15, -0.1) is 0 Å². The van der Waals surface area contributed by atoms with Gasteiger partial charge in [0.2, 0.25) is 17.7 Å². The summed E-state index contributed by atoms with van der Waals surface area (Å²) in [7, 11) is 0. The van der Waals surface area contributed by atoms with Crippen LogP contribution in [0.5, 0.6) is 0 Å². The van der Waals surface area contributed by atoms with Crippen molar-refractivity contribution in [2.24, 2.45) is 17.8 Å². The first-order chi connectivity index (χ1) is 11.1. The largest absolute Gasteiger partial charge is 0.337 e. The number of imide groups is 1. The number of rotatable bonds is 3. The van der Waals surface area contributed by atoms with Crippen LogP contribution in [-0.2, 0) is 21.5 Å². The summed E-state index contributed by atoms with van der Waals surface area (Å²) >= 11 is 0. The number of hydrogen-bond acceptors (Lipinski definition) is 5. The van der Waals surface area contributed by atoms with E-state index in [9.17, 15) is 9.59 Å². The van der Waals surface area contributed by atoms with Gasteiger partial charge in [-0.2, -0.15) is 4.98 Å². The highest BCUT2D eigenvalue weighted by molar-refractivity contribution is 6.01. The number of carbonyl (C=O) groups excluding carboxylic acids is 2. The fourth-order valence-electron chi connectivity index (χ4n) is 5.85. The molecule has 0 aromatic carbocycles. The van der Waals surface area contributed by atoms with E-state index in [-0.39, 0.29) is 23.8 Å². The Balaban J connectivity index is 1.39. The topological polar surface area (TPSA) is 76.3 Å². The molecule has 1 saturated heterocycles. The van der Waals surface area contributed by atoms with Crippen LogP contribution >= 0.6 is 0 Å². The minimum Gasteiger partial charge on any atom is -0.337 e. The van der Waals surface area contributed by atoms with Gasteiger partial charge in [-0.1, -0.05) is 5.16 Å². The van der Waals surface area contributed by atoms with Crippen LogP contribution in [0.3, 0.4) is 0 Å². The van der Waals surface area contributed by atoms with E-state index in [4.69, 9.17) is 4.52 Å². The molecule has 6 nitrogen and oxygen atoms in total. The molecule has 4 bridgehead atoms. The molecule has 0 N–H and O–H groups in total. The summed E-state index contributed by atoms with van der Waals surface area (Å²) in [5.74, 6) is 3.43. The average molecular weight is 315 g/mol. The van der Waals surface area contributed by atoms with Gasteiger partial charge >= 0.3 is 0 Å². The van der Waals surface area contributed by atoms with E-state index in [1.54, 1.807) is 0 Å². The fourth-order valence-corrected chi connectivity index (χ4v) is 5.85. The van der Waals surface area contributed by atoms with E-state index in [0.29, 0.717) is 18.7 Å². The highest BCUT2D eigenvalue weighted by atomic mass is 16.5. The molecule has 4 aliphatic carbocycles. The quantitative estimate of drug-likeness (QED) is 0.799. The molecule has 0 radical (unpaired) electrons. The summed E-state index contributed by atoms with van der Waals surface area (Å²) in [6.07, 6.45) is 8.27. The van der Waals surface area contributed by atoms with Crippen molar-refractivity contribution in [2.45, 2.75) is 63.3 Å². The van der Waals surface area contributed by atoms with Gasteiger partial charge < -0.3 is 4.52 Å². The second-order valence-electron chi connectivity index (χ2n) is 8.08. The van der Waals surface area contributed by atoms with Gasteiger partial charge in [0.15, 0.2) is 5.82 Å². The summed E-state index contributed by atoms with van der Waals surface area (Å²) in [5, 5.41) is 4.26. The summed E-state index contributed by atoms with van der Waals surface area (Å²) < 4.78 is 5.41. The smallest absolute Gasteiger partial charge is 0.246 e. The van der Waals surface area contributed by atoms with Crippen molar-refractivity contribution in [3.63, 3.8) is 0 Å². The van der Waals surface area contributed by atoms with E-state index in [2.05, 4.69) is 10.1 Å². The van der Waals surface area contributed by atoms with Gasteiger partial charge in [0, 0.05) is 18.3 Å². The van der Waals surface area contributed by atoms with Gasteiger partial charge in [-0.05, 0) is 56.3 Å². The zero-order valence-electron chi connectivity index (χ0n) is 13.2. The minimum absolute atomic E-state index is 0.0928. The highest BCUT2D eigenvalue weighted by Crippen LogP contribution is 2.60. The Hall–Kier alpha value is -1.72. The lowest BCUT2D eigenvalue weighted by Gasteiger charge is -2.55. The summed E-state index contributed by atoms with van der Waals surface area (Å²) in [6, 6.07) is 0. The van der Waals surface area contributed by atoms with Crippen LogP contribution in [0.15, 0.2) is 4.52 Å². The predicted molar refractivity (Wildman–Crippen MR) is 78.9 cm³/mol. The summed E-state index contributed by atoms with van der Waals surface area (Å²) in [4.78, 5) is 29.3. The Kier molecular flexibility index (Phi) is 2.77. The Morgan fingerprint density at radius 2 is 1.57 bits per heavy atom. The van der Waals surface area contributed by atoms with Crippen LogP contribution in [0.2, 0.25) is 0 Å². The maximum absolute atomic E-state index is 11.7. The van der Waals surface area contributed by atoms with Gasteiger partial charge in [0.1, 0.15) is 6.54 Å². The standard InChI is InChI=1S/C17H21N3O3/c21-14-1-2-15(22)20(14)9-13-18-16(19-23-13)17-6-10-3-11(7-17)5-12(4-10)8-17/h10-12H,1-9H2. The molecule has 2 heterocycles. The molecule has 4 saturated carbocycles. The Bertz CT molecular complexity index is 629. The molecule has 122 valence electrons. The van der Waals surface area contributed by atoms with Crippen LogP contribution in [-0.4, -0.2) is 26.9 Å². The van der Waals surface area contributed by atoms with Gasteiger partial charge in [-0.25, -0.2) is 0 Å². The third-order valence-electron chi connectivity index (χ3n) is 6.43. The normalized spacial score (nSPS) is 38.8. The first kappa shape index (κ1) is 13.7. The number of likely N-dealkylation sites (tertiary alicyclic amines) is 1. The van der Waals surface area contributed by atoms with E-state index < -0.39 is 0 Å². The zero-order valence-corrected chi connectivity index (χ0v) is 13.2. The molecule has 6 heteroatoms. The lowest BCUT2D eigenvalue weighted by atomic mass is 9.49. The number of aromatic nitrogens is 2. The SMILES string of the molecule is O=C1CCC(=O)N1Cc1nc(C23CC4CC(CC(C4)C2)C3)no1. The first-order valence-corrected chi connectivity index (χ1v) is 8.77. The second kappa shape index (κ2) is 4.65. The van der Waals surface area contributed by atoms with Crippen LogP contribution in [0.1, 0.15) is 63.1 Å². The van der Waals surface area contributed by atoms with Crippen LogP contribution in [0.4, 0.5) is 0 Å². The minimum atomic E-state index is -0.135. The van der Waals surface area contributed by atoms with E-state index in [1.807, 2.05) is 0 Å². The zero-order chi connectivity index (χ0) is 15.6. The van der Waals surface area contributed by atoms with Gasteiger partial charge in [0.25, 0.3) is 0 Å². The number of nitrogens with zero attached hydrogens (tertiary/aromatic N) is 3. The maximum atomic E-state index is 11.7. The molecule has 0 spiro atoms. The maximum Gasteiger partial charge on any atom is 0.246 e. The van der Waals surface area contributed by atoms with Crippen molar-refractivity contribution in [2.75, 3.05) is 0 Å². The Labute approximate surface area is 134 Å². The molecule has 1 aromatic rings. The number of hydrogen-bond donors (Lipinski definition) is 0. The Morgan fingerprint density at radius 1 is 1.00 bits per heavy atom. The summed E-state index contributed by atoms with van der Waals surface area (Å²) in [5.41, 5.74) is 0.0928. The second-order valence-corrected chi connectivity index (χ2v) is 8.08. The molecule has 0 atom stereocenters. The fraction of sp³-hybridized carbons (Fsp3) is 0.765. The van der Waals surface area contributed by atoms with Crippen molar-refractivity contribution in [1.82, 2.24) is 15.0 Å². The Morgan fingerprint density at radius 3 is 2.13 bits per heavy atom. The molecule has 5 aliphatic rings. The molecule has 5 fully saturated rings.